The van der Waals surface area contributed by atoms with Crippen molar-refractivity contribution in [1.29, 1.82) is 0 Å². The fraction of sp³-hybridized carbons (Fsp3) is 0.385. The van der Waals surface area contributed by atoms with Gasteiger partial charge in [0.25, 0.3) is 0 Å². The lowest BCUT2D eigenvalue weighted by atomic mass is 10.0. The molecule has 1 unspecified atom stereocenters. The first-order chi connectivity index (χ1) is 8.50. The quantitative estimate of drug-likeness (QED) is 0.926. The van der Waals surface area contributed by atoms with E-state index in [-0.39, 0.29) is 6.04 Å². The summed E-state index contributed by atoms with van der Waals surface area (Å²) in [7, 11) is 1.88. The minimum absolute atomic E-state index is 0.168. The second kappa shape index (κ2) is 5.08. The number of halogens is 1. The van der Waals surface area contributed by atoms with Crippen LogP contribution < -0.4 is 5.73 Å². The maximum Gasteiger partial charge on any atom is 0.0847 e. The zero-order valence-corrected chi connectivity index (χ0v) is 11.6. The molecule has 0 bridgehead atoms. The Morgan fingerprint density at radius 2 is 2.17 bits per heavy atom. The molecular formula is C13H17ClN4. The van der Waals surface area contributed by atoms with Crippen molar-refractivity contribution in [2.45, 2.75) is 26.3 Å². The zero-order valence-electron chi connectivity index (χ0n) is 10.8. The van der Waals surface area contributed by atoms with E-state index in [2.05, 4.69) is 10.1 Å². The number of hydrogen-bond acceptors (Lipinski definition) is 3. The van der Waals surface area contributed by atoms with Gasteiger partial charge in [-0.15, -0.1) is 0 Å². The molecule has 0 saturated carbocycles. The van der Waals surface area contributed by atoms with Crippen molar-refractivity contribution in [2.24, 2.45) is 12.8 Å². The van der Waals surface area contributed by atoms with E-state index in [4.69, 9.17) is 17.3 Å². The van der Waals surface area contributed by atoms with Gasteiger partial charge in [0.2, 0.25) is 0 Å². The first-order valence-corrected chi connectivity index (χ1v) is 6.23. The molecule has 0 aromatic carbocycles. The highest BCUT2D eigenvalue weighted by atomic mass is 35.5. The summed E-state index contributed by atoms with van der Waals surface area (Å²) < 4.78 is 1.79. The topological polar surface area (TPSA) is 56.7 Å². The van der Waals surface area contributed by atoms with Crippen molar-refractivity contribution >= 4 is 11.6 Å². The monoisotopic (exact) mass is 264 g/mol. The zero-order chi connectivity index (χ0) is 13.3. The minimum Gasteiger partial charge on any atom is -0.322 e. The van der Waals surface area contributed by atoms with E-state index < -0.39 is 0 Å². The van der Waals surface area contributed by atoms with Gasteiger partial charge in [-0.25, -0.2) is 0 Å². The van der Waals surface area contributed by atoms with E-state index in [0.29, 0.717) is 11.4 Å². The van der Waals surface area contributed by atoms with E-state index in [1.807, 2.05) is 33.0 Å². The van der Waals surface area contributed by atoms with E-state index in [1.54, 1.807) is 10.9 Å². The van der Waals surface area contributed by atoms with E-state index >= 15 is 0 Å². The molecule has 2 aromatic rings. The lowest BCUT2D eigenvalue weighted by molar-refractivity contribution is 0.626. The number of nitrogens with zero attached hydrogens (tertiary/aromatic N) is 3. The van der Waals surface area contributed by atoms with Gasteiger partial charge < -0.3 is 5.73 Å². The SMILES string of the molecule is Cc1cccnc1C(N)Cc1c(Cl)c(C)nn1C. The Morgan fingerprint density at radius 1 is 1.44 bits per heavy atom. The molecule has 2 N–H and O–H groups in total. The van der Waals surface area contributed by atoms with Crippen molar-refractivity contribution in [1.82, 2.24) is 14.8 Å². The van der Waals surface area contributed by atoms with Gasteiger partial charge in [0.05, 0.1) is 28.1 Å². The van der Waals surface area contributed by atoms with Crippen molar-refractivity contribution in [3.05, 3.63) is 46.0 Å². The first kappa shape index (κ1) is 13.1. The van der Waals surface area contributed by atoms with Crippen LogP contribution in [0.5, 0.6) is 0 Å². The van der Waals surface area contributed by atoms with Gasteiger partial charge in [0.15, 0.2) is 0 Å². The molecule has 2 aromatic heterocycles. The van der Waals surface area contributed by atoms with Gasteiger partial charge in [-0.1, -0.05) is 17.7 Å². The fourth-order valence-electron chi connectivity index (χ4n) is 2.09. The average molecular weight is 265 g/mol. The molecule has 0 spiro atoms. The highest BCUT2D eigenvalue weighted by Crippen LogP contribution is 2.24. The third-order valence-electron chi connectivity index (χ3n) is 3.08. The lowest BCUT2D eigenvalue weighted by Gasteiger charge is -2.13. The van der Waals surface area contributed by atoms with Crippen molar-refractivity contribution in [3.63, 3.8) is 0 Å². The van der Waals surface area contributed by atoms with Gasteiger partial charge >= 0.3 is 0 Å². The summed E-state index contributed by atoms with van der Waals surface area (Å²) in [6.45, 7) is 3.90. The van der Waals surface area contributed by atoms with E-state index in [0.717, 1.165) is 22.6 Å². The summed E-state index contributed by atoms with van der Waals surface area (Å²) in [6.07, 6.45) is 2.40. The molecule has 18 heavy (non-hydrogen) atoms. The molecule has 2 heterocycles. The number of nitrogens with two attached hydrogens (primary N) is 1. The molecule has 0 aliphatic carbocycles. The summed E-state index contributed by atoms with van der Waals surface area (Å²) in [5.41, 5.74) is 10.0. The highest BCUT2D eigenvalue weighted by molar-refractivity contribution is 6.31. The standard InChI is InChI=1S/C13H17ClN4/c1-8-5-4-6-16-13(8)10(15)7-11-12(14)9(2)17-18(11)3/h4-6,10H,7,15H2,1-3H3. The normalized spacial score (nSPS) is 12.7. The van der Waals surface area contributed by atoms with Crippen LogP contribution in [0.4, 0.5) is 0 Å². The van der Waals surface area contributed by atoms with Crippen LogP contribution in [0.1, 0.15) is 28.7 Å². The predicted molar refractivity (Wildman–Crippen MR) is 72.6 cm³/mol. The number of hydrogen-bond donors (Lipinski definition) is 1. The summed E-state index contributed by atoms with van der Waals surface area (Å²) in [4.78, 5) is 4.34. The Bertz CT molecular complexity index is 562. The van der Waals surface area contributed by atoms with Gasteiger partial charge in [-0.05, 0) is 25.5 Å². The average Bonchev–Trinajstić information content (AvgIpc) is 2.56. The molecule has 0 aliphatic rings. The Morgan fingerprint density at radius 3 is 2.72 bits per heavy atom. The van der Waals surface area contributed by atoms with Crippen LogP contribution in [-0.4, -0.2) is 14.8 Å². The maximum absolute atomic E-state index is 6.23. The largest absolute Gasteiger partial charge is 0.322 e. The molecule has 1 atom stereocenters. The van der Waals surface area contributed by atoms with Crippen molar-refractivity contribution in [3.8, 4) is 0 Å². The Labute approximate surface area is 112 Å². The number of aryl methyl sites for hydroxylation is 3. The Kier molecular flexibility index (Phi) is 3.68. The number of pyridine rings is 1. The van der Waals surface area contributed by atoms with Crippen LogP contribution in [0.3, 0.4) is 0 Å². The second-order valence-electron chi connectivity index (χ2n) is 4.49. The minimum atomic E-state index is -0.168. The van der Waals surface area contributed by atoms with Crippen LogP contribution in [-0.2, 0) is 13.5 Å². The molecule has 5 heteroatoms. The van der Waals surface area contributed by atoms with Crippen LogP contribution >= 0.6 is 11.6 Å². The first-order valence-electron chi connectivity index (χ1n) is 5.85. The van der Waals surface area contributed by atoms with Crippen LogP contribution in [0.25, 0.3) is 0 Å². The van der Waals surface area contributed by atoms with Crippen molar-refractivity contribution < 1.29 is 0 Å². The van der Waals surface area contributed by atoms with Gasteiger partial charge in [-0.2, -0.15) is 5.10 Å². The summed E-state index contributed by atoms with van der Waals surface area (Å²) in [5, 5.41) is 4.98. The number of rotatable bonds is 3. The van der Waals surface area contributed by atoms with Crippen LogP contribution in [0.2, 0.25) is 5.02 Å². The van der Waals surface area contributed by atoms with Gasteiger partial charge in [0, 0.05) is 19.7 Å². The highest BCUT2D eigenvalue weighted by Gasteiger charge is 2.17. The third-order valence-corrected chi connectivity index (χ3v) is 3.57. The molecule has 4 nitrogen and oxygen atoms in total. The number of aromatic nitrogens is 3. The third kappa shape index (κ3) is 2.40. The van der Waals surface area contributed by atoms with Crippen molar-refractivity contribution in [2.75, 3.05) is 0 Å². The lowest BCUT2D eigenvalue weighted by Crippen LogP contribution is -2.18. The Hall–Kier alpha value is -1.39. The van der Waals surface area contributed by atoms with Gasteiger partial charge in [-0.3, -0.25) is 9.67 Å². The van der Waals surface area contributed by atoms with Crippen LogP contribution in [0, 0.1) is 13.8 Å². The molecular weight excluding hydrogens is 248 g/mol. The second-order valence-corrected chi connectivity index (χ2v) is 4.86. The molecule has 0 amide bonds. The molecule has 0 aliphatic heterocycles. The maximum atomic E-state index is 6.23. The summed E-state index contributed by atoms with van der Waals surface area (Å²) in [5.74, 6) is 0. The molecule has 2 rings (SSSR count). The van der Waals surface area contributed by atoms with Gasteiger partial charge in [0.1, 0.15) is 0 Å². The van der Waals surface area contributed by atoms with Crippen LogP contribution in [0.15, 0.2) is 18.3 Å². The molecule has 0 radical (unpaired) electrons. The Balaban J connectivity index is 2.27. The molecule has 96 valence electrons. The van der Waals surface area contributed by atoms with E-state index in [1.165, 1.54) is 0 Å². The summed E-state index contributed by atoms with van der Waals surface area (Å²) in [6, 6.07) is 3.75. The summed E-state index contributed by atoms with van der Waals surface area (Å²) >= 11 is 6.23. The smallest absolute Gasteiger partial charge is 0.0847 e. The molecule has 0 saturated heterocycles. The van der Waals surface area contributed by atoms with E-state index in [9.17, 15) is 0 Å². The fourth-order valence-corrected chi connectivity index (χ4v) is 2.33. The predicted octanol–water partition coefficient (Wildman–Crippen LogP) is 2.33. The molecule has 0 fully saturated rings.